The molecule has 0 spiro atoms. The van der Waals surface area contributed by atoms with Gasteiger partial charge in [-0.3, -0.25) is 38.7 Å². The van der Waals surface area contributed by atoms with Crippen LogP contribution >= 0.6 is 0 Å². The van der Waals surface area contributed by atoms with Crippen molar-refractivity contribution in [2.75, 3.05) is 111 Å². The predicted octanol–water partition coefficient (Wildman–Crippen LogP) is 2.87. The molecular weight excluding hydrogens is 921 g/mol. The molecule has 5 fully saturated rings. The van der Waals surface area contributed by atoms with Crippen LogP contribution < -0.4 is 25.4 Å². The fourth-order valence-electron chi connectivity index (χ4n) is 11.2. The van der Waals surface area contributed by atoms with Gasteiger partial charge in [0, 0.05) is 51.5 Å². The van der Waals surface area contributed by atoms with E-state index in [0.29, 0.717) is 85.2 Å². The summed E-state index contributed by atoms with van der Waals surface area (Å²) in [6, 6.07) is 12.4. The number of nitrogens with zero attached hydrogens (tertiary/aromatic N) is 5. The first-order chi connectivity index (χ1) is 34.1. The first-order valence-corrected chi connectivity index (χ1v) is 24.4. The Labute approximate surface area is 413 Å². The van der Waals surface area contributed by atoms with Gasteiger partial charge >= 0.3 is 17.9 Å². The highest BCUT2D eigenvalue weighted by molar-refractivity contribution is 5.98. The van der Waals surface area contributed by atoms with E-state index >= 15 is 0 Å². The van der Waals surface area contributed by atoms with Gasteiger partial charge in [0.05, 0.1) is 70.6 Å². The number of aliphatic carboxylic acids is 3. The minimum Gasteiger partial charge on any atom is -0.496 e. The molecule has 0 unspecified atom stereocenters. The van der Waals surface area contributed by atoms with Crippen LogP contribution in [-0.4, -0.2) is 187 Å². The molecular formula is C50H68N8O13. The highest BCUT2D eigenvalue weighted by atomic mass is 16.5. The smallest absolute Gasteiger partial charge is 0.330 e. The molecule has 0 atom stereocenters. The molecule has 4 aliphatic carbocycles. The normalized spacial score (nSPS) is 22.5. The molecule has 1 saturated heterocycles. The molecule has 71 heavy (non-hydrogen) atoms. The van der Waals surface area contributed by atoms with Gasteiger partial charge in [-0.25, -0.2) is 9.48 Å². The molecule has 4 bridgehead atoms. The quantitative estimate of drug-likeness (QED) is 0.0747. The Hall–Kier alpha value is -6.13. The molecule has 4 saturated carbocycles. The number of aromatic nitrogens is 2. The van der Waals surface area contributed by atoms with Crippen molar-refractivity contribution in [2.24, 2.45) is 23.7 Å². The summed E-state index contributed by atoms with van der Waals surface area (Å²) in [7, 11) is 3.08. The maximum atomic E-state index is 14.4. The number of amides is 3. The molecule has 2 heterocycles. The second kappa shape index (κ2) is 23.9. The lowest BCUT2D eigenvalue weighted by molar-refractivity contribution is -0.163. The third-order valence-corrected chi connectivity index (χ3v) is 14.3. The van der Waals surface area contributed by atoms with Gasteiger partial charge in [0.25, 0.3) is 5.91 Å². The lowest BCUT2D eigenvalue weighted by atomic mass is 9.48. The van der Waals surface area contributed by atoms with Crippen molar-refractivity contribution in [1.82, 2.24) is 35.1 Å². The molecule has 1 aliphatic heterocycles. The Morgan fingerprint density at radius 3 is 1.82 bits per heavy atom. The van der Waals surface area contributed by atoms with Crippen LogP contribution in [0.3, 0.4) is 0 Å². The molecule has 0 radical (unpaired) electrons. The lowest BCUT2D eigenvalue weighted by Crippen LogP contribution is -2.70. The third-order valence-electron chi connectivity index (χ3n) is 14.3. The van der Waals surface area contributed by atoms with E-state index in [2.05, 4.69) is 16.0 Å². The van der Waals surface area contributed by atoms with Crippen molar-refractivity contribution in [3.63, 3.8) is 0 Å². The number of carbonyl (C=O) groups excluding carboxylic acids is 3. The summed E-state index contributed by atoms with van der Waals surface area (Å²) in [5, 5.41) is 43.0. The largest absolute Gasteiger partial charge is 0.496 e. The molecule has 8 rings (SSSR count). The SMILES string of the molecule is COc1cccc(OC)c1-c1cc(C(=O)NC2(C(=O)O)C3CC4CC(C3)CC2C4)nn1-c1ccc(NC(=O)COCCOCCNC(=O)CN2CCN(CC(=O)O)CCN(CC(=O)O)CC2)cc1C(C)C. The number of hydrogen-bond acceptors (Lipinski definition) is 14. The van der Waals surface area contributed by atoms with Crippen molar-refractivity contribution < 1.29 is 63.0 Å². The van der Waals surface area contributed by atoms with Gasteiger partial charge in [-0.05, 0) is 104 Å². The Morgan fingerprint density at radius 1 is 0.718 bits per heavy atom. The van der Waals surface area contributed by atoms with E-state index in [1.165, 1.54) is 14.2 Å². The van der Waals surface area contributed by atoms with Crippen LogP contribution in [0, 0.1) is 23.7 Å². The Bertz CT molecular complexity index is 2330. The molecule has 21 heteroatoms. The number of nitrogens with one attached hydrogen (secondary N) is 3. The first-order valence-electron chi connectivity index (χ1n) is 24.4. The van der Waals surface area contributed by atoms with Crippen LogP contribution in [0.1, 0.15) is 67.9 Å². The van der Waals surface area contributed by atoms with Crippen molar-refractivity contribution in [3.8, 4) is 28.4 Å². The molecule has 386 valence electrons. The molecule has 2 aromatic carbocycles. The number of carboxylic acids is 3. The highest BCUT2D eigenvalue weighted by Crippen LogP contribution is 2.58. The molecule has 3 aromatic rings. The first kappa shape index (κ1) is 52.7. The predicted molar refractivity (Wildman–Crippen MR) is 259 cm³/mol. The number of benzene rings is 2. The lowest BCUT2D eigenvalue weighted by Gasteiger charge is -2.59. The minimum atomic E-state index is -1.37. The number of carbonyl (C=O) groups is 6. The standard InChI is InChI=1S/C50H68N8O13/c1-31(2)37-25-36(52-44(60)30-71-19-18-70-17-10-51-43(59)27-55-11-13-56(28-45(61)62)15-16-57(14-12-55)29-46(63)64)8-9-39(37)58-40(47-41(68-3)6-5-7-42(47)69-4)26-38(54-58)48(65)53-50(49(66)67)34-21-32-20-33(23-34)24-35(50)22-32/h5-9,25-26,31-35H,10-24,27-30H2,1-4H3,(H,51,59)(H,52,60)(H,53,65)(H,61,62)(H,63,64)(H,66,67). The summed E-state index contributed by atoms with van der Waals surface area (Å²) in [5.74, 6) is -2.63. The summed E-state index contributed by atoms with van der Waals surface area (Å²) in [6.07, 6.45) is 4.26. The van der Waals surface area contributed by atoms with Crippen LogP contribution in [0.5, 0.6) is 11.5 Å². The number of ether oxygens (including phenoxy) is 4. The molecule has 6 N–H and O–H groups in total. The van der Waals surface area contributed by atoms with E-state index in [0.717, 1.165) is 37.7 Å². The van der Waals surface area contributed by atoms with E-state index in [-0.39, 0.29) is 82.0 Å². The Morgan fingerprint density at radius 2 is 1.28 bits per heavy atom. The van der Waals surface area contributed by atoms with Gasteiger partial charge in [0.15, 0.2) is 5.69 Å². The van der Waals surface area contributed by atoms with Crippen LogP contribution in [0.15, 0.2) is 42.5 Å². The minimum absolute atomic E-state index is 0.0388. The van der Waals surface area contributed by atoms with Crippen molar-refractivity contribution in [2.45, 2.75) is 57.4 Å². The van der Waals surface area contributed by atoms with Gasteiger partial charge in [-0.1, -0.05) is 19.9 Å². The van der Waals surface area contributed by atoms with Crippen LogP contribution in [0.2, 0.25) is 0 Å². The summed E-state index contributed by atoms with van der Waals surface area (Å²) < 4.78 is 24.4. The fraction of sp³-hybridized carbons (Fsp3) is 0.580. The summed E-state index contributed by atoms with van der Waals surface area (Å²) in [5.41, 5.74) is 1.60. The zero-order chi connectivity index (χ0) is 50.8. The van der Waals surface area contributed by atoms with Gasteiger partial charge in [-0.2, -0.15) is 5.10 Å². The van der Waals surface area contributed by atoms with Crippen molar-refractivity contribution in [3.05, 3.63) is 53.7 Å². The summed E-state index contributed by atoms with van der Waals surface area (Å²) in [4.78, 5) is 81.5. The van der Waals surface area contributed by atoms with E-state index in [4.69, 9.17) is 24.0 Å². The molecule has 5 aliphatic rings. The van der Waals surface area contributed by atoms with Crippen molar-refractivity contribution >= 4 is 41.3 Å². The Balaban J connectivity index is 0.940. The summed E-state index contributed by atoms with van der Waals surface area (Å²) >= 11 is 0. The monoisotopic (exact) mass is 988 g/mol. The van der Waals surface area contributed by atoms with E-state index in [1.807, 2.05) is 24.8 Å². The average molecular weight is 989 g/mol. The van der Waals surface area contributed by atoms with Gasteiger partial charge < -0.3 is 50.2 Å². The highest BCUT2D eigenvalue weighted by Gasteiger charge is 2.62. The fourth-order valence-corrected chi connectivity index (χ4v) is 11.2. The molecule has 3 amide bonds. The number of rotatable bonds is 23. The topological polar surface area (TPSA) is 264 Å². The maximum absolute atomic E-state index is 14.4. The number of methoxy groups -OCH3 is 2. The van der Waals surface area contributed by atoms with Crippen LogP contribution in [-0.2, 0) is 33.4 Å². The van der Waals surface area contributed by atoms with Crippen LogP contribution in [0.4, 0.5) is 5.69 Å². The van der Waals surface area contributed by atoms with E-state index in [9.17, 15) is 44.1 Å². The van der Waals surface area contributed by atoms with Gasteiger partial charge in [0.1, 0.15) is 23.6 Å². The maximum Gasteiger partial charge on any atom is 0.330 e. The number of anilines is 1. The van der Waals surface area contributed by atoms with E-state index in [1.54, 1.807) is 50.9 Å². The average Bonchev–Trinajstić information content (AvgIpc) is 3.79. The molecule has 21 nitrogen and oxygen atoms in total. The summed E-state index contributed by atoms with van der Waals surface area (Å²) in [6.45, 7) is 6.71. The number of hydrogen-bond donors (Lipinski definition) is 6. The van der Waals surface area contributed by atoms with Crippen LogP contribution in [0.25, 0.3) is 16.9 Å². The molecule has 1 aromatic heterocycles. The zero-order valence-corrected chi connectivity index (χ0v) is 41.0. The Kier molecular flexibility index (Phi) is 17.7. The zero-order valence-electron chi connectivity index (χ0n) is 41.0. The van der Waals surface area contributed by atoms with Crippen molar-refractivity contribution in [1.29, 1.82) is 0 Å². The second-order valence-electron chi connectivity index (χ2n) is 19.4. The van der Waals surface area contributed by atoms with Gasteiger partial charge in [-0.15, -0.1) is 0 Å². The second-order valence-corrected chi connectivity index (χ2v) is 19.4. The van der Waals surface area contributed by atoms with E-state index < -0.39 is 35.3 Å². The third kappa shape index (κ3) is 12.9. The van der Waals surface area contributed by atoms with Gasteiger partial charge in [0.2, 0.25) is 11.8 Å². The number of carboxylic acid groups (broad SMARTS) is 3.